The molecule has 3 rings (SSSR count). The molecule has 90 valence electrons. The maximum Gasteiger partial charge on any atom is 0.0406 e. The van der Waals surface area contributed by atoms with Crippen molar-refractivity contribution in [1.82, 2.24) is 0 Å². The second kappa shape index (κ2) is 4.62. The van der Waals surface area contributed by atoms with Crippen LogP contribution in [0.15, 0.2) is 71.9 Å². The third kappa shape index (κ3) is 2.09. The van der Waals surface area contributed by atoms with Crippen molar-refractivity contribution in [2.45, 2.75) is 12.8 Å². The van der Waals surface area contributed by atoms with Gasteiger partial charge in [-0.1, -0.05) is 67.1 Å². The minimum Gasteiger partial charge on any atom is -0.0843 e. The van der Waals surface area contributed by atoms with Crippen molar-refractivity contribution in [3.05, 3.63) is 82.5 Å². The second-order valence-electron chi connectivity index (χ2n) is 4.88. The molecule has 2 aliphatic rings. The van der Waals surface area contributed by atoms with Gasteiger partial charge < -0.3 is 0 Å². The molecule has 0 saturated carbocycles. The predicted molar refractivity (Wildman–Crippen MR) is 77.8 cm³/mol. The summed E-state index contributed by atoms with van der Waals surface area (Å²) in [6.45, 7) is 2.23. The molecule has 18 heavy (non-hydrogen) atoms. The summed E-state index contributed by atoms with van der Waals surface area (Å²) < 4.78 is 0. The molecule has 0 aromatic heterocycles. The number of fused-ring (bicyclic) bond motifs is 1. The topological polar surface area (TPSA) is 0 Å². The zero-order valence-corrected chi connectivity index (χ0v) is 11.1. The third-order valence-corrected chi connectivity index (χ3v) is 3.72. The van der Waals surface area contributed by atoms with Gasteiger partial charge in [0.25, 0.3) is 0 Å². The first-order valence-electron chi connectivity index (χ1n) is 6.28. The summed E-state index contributed by atoms with van der Waals surface area (Å²) in [6.07, 6.45) is 13.4. The SMILES string of the molecule is CC1C=C2C=CC=CC(c3ccc(Cl)cc3)C2=C1. The Morgan fingerprint density at radius 2 is 1.78 bits per heavy atom. The molecule has 0 bridgehead atoms. The Hall–Kier alpha value is -1.53. The minimum absolute atomic E-state index is 0.341. The predicted octanol–water partition coefficient (Wildman–Crippen LogP) is 5.05. The zero-order valence-electron chi connectivity index (χ0n) is 10.3. The number of hydrogen-bond donors (Lipinski definition) is 0. The van der Waals surface area contributed by atoms with Crippen LogP contribution in [0.25, 0.3) is 0 Å². The van der Waals surface area contributed by atoms with Gasteiger partial charge in [0.05, 0.1) is 0 Å². The van der Waals surface area contributed by atoms with Crippen LogP contribution in [0, 0.1) is 5.92 Å². The van der Waals surface area contributed by atoms with Gasteiger partial charge in [-0.2, -0.15) is 0 Å². The van der Waals surface area contributed by atoms with E-state index in [1.165, 1.54) is 16.7 Å². The molecule has 0 N–H and O–H groups in total. The number of halogens is 1. The fourth-order valence-corrected chi connectivity index (χ4v) is 2.77. The summed E-state index contributed by atoms with van der Waals surface area (Å²) in [4.78, 5) is 0. The fourth-order valence-electron chi connectivity index (χ4n) is 2.64. The molecule has 0 aliphatic heterocycles. The first kappa shape index (κ1) is 11.6. The quantitative estimate of drug-likeness (QED) is 0.658. The molecule has 0 spiro atoms. The highest BCUT2D eigenvalue weighted by Gasteiger charge is 2.22. The lowest BCUT2D eigenvalue weighted by Crippen LogP contribution is -1.99. The van der Waals surface area contributed by atoms with Crippen molar-refractivity contribution in [2.75, 3.05) is 0 Å². The monoisotopic (exact) mass is 254 g/mol. The van der Waals surface area contributed by atoms with Crippen LogP contribution >= 0.6 is 11.6 Å². The lowest BCUT2D eigenvalue weighted by atomic mass is 9.88. The Morgan fingerprint density at radius 1 is 1.00 bits per heavy atom. The van der Waals surface area contributed by atoms with Crippen LogP contribution in [0.2, 0.25) is 5.02 Å². The van der Waals surface area contributed by atoms with Crippen molar-refractivity contribution in [3.8, 4) is 0 Å². The van der Waals surface area contributed by atoms with E-state index in [2.05, 4.69) is 55.5 Å². The van der Waals surface area contributed by atoms with E-state index in [1.807, 2.05) is 12.1 Å². The standard InChI is InChI=1S/C17H15Cl/c1-12-10-14-4-2-3-5-16(17(14)11-12)13-6-8-15(18)9-7-13/h2-12,16H,1H3. The molecule has 0 nitrogen and oxygen atoms in total. The van der Waals surface area contributed by atoms with E-state index in [9.17, 15) is 0 Å². The number of benzene rings is 1. The highest BCUT2D eigenvalue weighted by Crippen LogP contribution is 2.38. The molecule has 0 amide bonds. The Morgan fingerprint density at radius 3 is 2.56 bits per heavy atom. The van der Waals surface area contributed by atoms with Crippen molar-refractivity contribution < 1.29 is 0 Å². The van der Waals surface area contributed by atoms with Crippen LogP contribution < -0.4 is 0 Å². The van der Waals surface area contributed by atoms with Gasteiger partial charge in [0.2, 0.25) is 0 Å². The van der Waals surface area contributed by atoms with Crippen LogP contribution in [-0.2, 0) is 0 Å². The summed E-state index contributed by atoms with van der Waals surface area (Å²) in [5, 5.41) is 0.791. The summed E-state index contributed by atoms with van der Waals surface area (Å²) in [5.41, 5.74) is 4.06. The molecule has 0 radical (unpaired) electrons. The molecule has 0 fully saturated rings. The normalized spacial score (nSPS) is 25.4. The van der Waals surface area contributed by atoms with E-state index in [0.717, 1.165) is 5.02 Å². The smallest absolute Gasteiger partial charge is 0.0406 e. The second-order valence-corrected chi connectivity index (χ2v) is 5.31. The molecule has 1 aromatic rings. The zero-order chi connectivity index (χ0) is 12.5. The molecule has 2 atom stereocenters. The molecule has 2 unspecified atom stereocenters. The van der Waals surface area contributed by atoms with Crippen molar-refractivity contribution in [2.24, 2.45) is 5.92 Å². The average molecular weight is 255 g/mol. The van der Waals surface area contributed by atoms with Crippen molar-refractivity contribution >= 4 is 11.6 Å². The third-order valence-electron chi connectivity index (χ3n) is 3.47. The van der Waals surface area contributed by atoms with Gasteiger partial charge in [0.15, 0.2) is 0 Å². The molecular formula is C17H15Cl. The number of rotatable bonds is 1. The summed E-state index contributed by atoms with van der Waals surface area (Å²) >= 11 is 5.96. The van der Waals surface area contributed by atoms with Gasteiger partial charge in [-0.3, -0.25) is 0 Å². The summed E-state index contributed by atoms with van der Waals surface area (Å²) in [7, 11) is 0. The lowest BCUT2D eigenvalue weighted by Gasteiger charge is -2.15. The molecule has 0 saturated heterocycles. The van der Waals surface area contributed by atoms with E-state index < -0.39 is 0 Å². The van der Waals surface area contributed by atoms with Crippen LogP contribution in [0.1, 0.15) is 18.4 Å². The van der Waals surface area contributed by atoms with Gasteiger partial charge in [-0.15, -0.1) is 0 Å². The Kier molecular flexibility index (Phi) is 2.97. The largest absolute Gasteiger partial charge is 0.0843 e. The first-order chi connectivity index (χ1) is 8.74. The maximum absolute atomic E-state index is 5.96. The van der Waals surface area contributed by atoms with E-state index in [0.29, 0.717) is 11.8 Å². The molecule has 1 heteroatoms. The fraction of sp³-hybridized carbons (Fsp3) is 0.176. The molecular weight excluding hydrogens is 240 g/mol. The van der Waals surface area contributed by atoms with Gasteiger partial charge in [0, 0.05) is 10.9 Å². The maximum atomic E-state index is 5.96. The summed E-state index contributed by atoms with van der Waals surface area (Å²) in [5.74, 6) is 0.870. The Balaban J connectivity index is 2.03. The van der Waals surface area contributed by atoms with Crippen LogP contribution in [0.3, 0.4) is 0 Å². The van der Waals surface area contributed by atoms with Crippen LogP contribution in [0.5, 0.6) is 0 Å². The van der Waals surface area contributed by atoms with Gasteiger partial charge in [-0.25, -0.2) is 0 Å². The van der Waals surface area contributed by atoms with E-state index in [1.54, 1.807) is 0 Å². The van der Waals surface area contributed by atoms with E-state index in [4.69, 9.17) is 11.6 Å². The van der Waals surface area contributed by atoms with E-state index >= 15 is 0 Å². The van der Waals surface area contributed by atoms with Gasteiger partial charge in [-0.05, 0) is 34.8 Å². The van der Waals surface area contributed by atoms with Gasteiger partial charge in [0.1, 0.15) is 0 Å². The minimum atomic E-state index is 0.341. The molecule has 2 aliphatic carbocycles. The van der Waals surface area contributed by atoms with Crippen LogP contribution in [0.4, 0.5) is 0 Å². The number of allylic oxidation sites excluding steroid dienone is 8. The molecule has 1 aromatic carbocycles. The number of hydrogen-bond acceptors (Lipinski definition) is 0. The highest BCUT2D eigenvalue weighted by atomic mass is 35.5. The molecule has 0 heterocycles. The van der Waals surface area contributed by atoms with Crippen molar-refractivity contribution in [1.29, 1.82) is 0 Å². The summed E-state index contributed by atoms with van der Waals surface area (Å²) in [6, 6.07) is 8.16. The van der Waals surface area contributed by atoms with Crippen LogP contribution in [-0.4, -0.2) is 0 Å². The average Bonchev–Trinajstić information content (AvgIpc) is 2.61. The Bertz CT molecular complexity index is 570. The van der Waals surface area contributed by atoms with Crippen molar-refractivity contribution in [3.63, 3.8) is 0 Å². The van der Waals surface area contributed by atoms with E-state index in [-0.39, 0.29) is 0 Å². The highest BCUT2D eigenvalue weighted by molar-refractivity contribution is 6.30. The Labute approximate surface area is 113 Å². The first-order valence-corrected chi connectivity index (χ1v) is 6.66. The lowest BCUT2D eigenvalue weighted by molar-refractivity contribution is 0.939. The van der Waals surface area contributed by atoms with Gasteiger partial charge >= 0.3 is 0 Å².